The Morgan fingerprint density at radius 2 is 1.95 bits per heavy atom. The molecule has 2 aromatic carbocycles. The van der Waals surface area contributed by atoms with E-state index in [0.717, 1.165) is 23.3 Å². The van der Waals surface area contributed by atoms with Gasteiger partial charge in [0.15, 0.2) is 0 Å². The molecule has 3 nitrogen and oxygen atoms in total. The largest absolute Gasteiger partial charge is 0.381 e. The molecule has 3 rings (SSSR count). The standard InChI is InChI=1S/C15H14ClN3S/c1-10(11-5-3-2-4-6-11)9-17-14-12(16)7-8-13-15(14)19-20-18-13/h2-8,10,17H,9H2,1H3. The van der Waals surface area contributed by atoms with E-state index in [1.807, 2.05) is 18.2 Å². The summed E-state index contributed by atoms with van der Waals surface area (Å²) in [5.74, 6) is 0.397. The van der Waals surface area contributed by atoms with Crippen LogP contribution in [-0.2, 0) is 0 Å². The minimum Gasteiger partial charge on any atom is -0.381 e. The third-order valence-electron chi connectivity index (χ3n) is 3.33. The molecule has 0 aliphatic carbocycles. The molecule has 0 aliphatic heterocycles. The molecule has 1 heterocycles. The summed E-state index contributed by atoms with van der Waals surface area (Å²) in [6.07, 6.45) is 0. The van der Waals surface area contributed by atoms with Gasteiger partial charge in [0.2, 0.25) is 0 Å². The average molecular weight is 304 g/mol. The number of rotatable bonds is 4. The first-order chi connectivity index (χ1) is 9.75. The quantitative estimate of drug-likeness (QED) is 0.767. The monoisotopic (exact) mass is 303 g/mol. The first-order valence-electron chi connectivity index (χ1n) is 6.45. The molecule has 1 N–H and O–H groups in total. The Hall–Kier alpha value is -1.65. The van der Waals surface area contributed by atoms with Crippen LogP contribution in [0.25, 0.3) is 11.0 Å². The molecule has 3 aromatic rings. The van der Waals surface area contributed by atoms with Gasteiger partial charge < -0.3 is 5.32 Å². The molecular formula is C15H14ClN3S. The molecule has 0 spiro atoms. The van der Waals surface area contributed by atoms with Crippen molar-refractivity contribution in [3.05, 3.63) is 53.1 Å². The summed E-state index contributed by atoms with van der Waals surface area (Å²) in [5, 5.41) is 4.10. The Labute approximate surface area is 126 Å². The Kier molecular flexibility index (Phi) is 3.85. The highest BCUT2D eigenvalue weighted by molar-refractivity contribution is 7.00. The van der Waals surface area contributed by atoms with Gasteiger partial charge in [0.25, 0.3) is 0 Å². The van der Waals surface area contributed by atoms with Gasteiger partial charge in [-0.2, -0.15) is 8.75 Å². The van der Waals surface area contributed by atoms with E-state index in [1.165, 1.54) is 17.3 Å². The van der Waals surface area contributed by atoms with Crippen molar-refractivity contribution in [2.45, 2.75) is 12.8 Å². The molecule has 0 radical (unpaired) electrons. The maximum absolute atomic E-state index is 6.26. The first-order valence-corrected chi connectivity index (χ1v) is 7.56. The zero-order valence-electron chi connectivity index (χ0n) is 11.0. The van der Waals surface area contributed by atoms with E-state index < -0.39 is 0 Å². The molecule has 0 fully saturated rings. The molecule has 20 heavy (non-hydrogen) atoms. The molecule has 5 heteroatoms. The highest BCUT2D eigenvalue weighted by atomic mass is 35.5. The SMILES string of the molecule is CC(CNc1c(Cl)ccc2nsnc12)c1ccccc1. The second-order valence-electron chi connectivity index (χ2n) is 4.75. The lowest BCUT2D eigenvalue weighted by molar-refractivity contribution is 0.805. The number of nitrogens with zero attached hydrogens (tertiary/aromatic N) is 2. The number of aromatic nitrogens is 2. The number of anilines is 1. The van der Waals surface area contributed by atoms with Crippen LogP contribution in [0.2, 0.25) is 5.02 Å². The van der Waals surface area contributed by atoms with Crippen molar-refractivity contribution in [2.75, 3.05) is 11.9 Å². The first kappa shape index (κ1) is 13.3. The molecule has 1 atom stereocenters. The summed E-state index contributed by atoms with van der Waals surface area (Å²) < 4.78 is 8.55. The van der Waals surface area contributed by atoms with Crippen LogP contribution in [-0.4, -0.2) is 15.3 Å². The maximum atomic E-state index is 6.26. The van der Waals surface area contributed by atoms with Crippen LogP contribution in [0.5, 0.6) is 0 Å². The normalized spacial score (nSPS) is 12.5. The molecule has 0 aliphatic rings. The molecule has 102 valence electrons. The average Bonchev–Trinajstić information content (AvgIpc) is 2.95. The molecular weight excluding hydrogens is 290 g/mol. The van der Waals surface area contributed by atoms with Crippen molar-refractivity contribution in [3.8, 4) is 0 Å². The fraction of sp³-hybridized carbons (Fsp3) is 0.200. The summed E-state index contributed by atoms with van der Waals surface area (Å²) in [5.41, 5.74) is 3.91. The number of fused-ring (bicyclic) bond motifs is 1. The Morgan fingerprint density at radius 3 is 2.75 bits per heavy atom. The third kappa shape index (κ3) is 2.62. The van der Waals surface area contributed by atoms with E-state index in [9.17, 15) is 0 Å². The van der Waals surface area contributed by atoms with Crippen LogP contribution in [0.1, 0.15) is 18.4 Å². The van der Waals surface area contributed by atoms with Crippen molar-refractivity contribution in [3.63, 3.8) is 0 Å². The van der Waals surface area contributed by atoms with Crippen molar-refractivity contribution in [1.82, 2.24) is 8.75 Å². The van der Waals surface area contributed by atoms with Gasteiger partial charge in [-0.05, 0) is 23.6 Å². The molecule has 1 aromatic heterocycles. The summed E-state index contributed by atoms with van der Waals surface area (Å²) >= 11 is 7.47. The predicted molar refractivity (Wildman–Crippen MR) is 85.8 cm³/mol. The predicted octanol–water partition coefficient (Wildman–Crippen LogP) is 4.56. The van der Waals surface area contributed by atoms with E-state index in [2.05, 4.69) is 45.3 Å². The number of halogens is 1. The minimum atomic E-state index is 0.397. The van der Waals surface area contributed by atoms with Crippen LogP contribution in [0, 0.1) is 0 Å². The van der Waals surface area contributed by atoms with E-state index >= 15 is 0 Å². The summed E-state index contributed by atoms with van der Waals surface area (Å²) in [6, 6.07) is 14.2. The molecule has 0 saturated heterocycles. The van der Waals surface area contributed by atoms with E-state index in [-0.39, 0.29) is 0 Å². The topological polar surface area (TPSA) is 37.8 Å². The smallest absolute Gasteiger partial charge is 0.129 e. The zero-order valence-corrected chi connectivity index (χ0v) is 12.6. The zero-order chi connectivity index (χ0) is 13.9. The molecule has 0 saturated carbocycles. The second kappa shape index (κ2) is 5.77. The molecule has 0 bridgehead atoms. The molecule has 1 unspecified atom stereocenters. The van der Waals surface area contributed by atoms with Crippen LogP contribution in [0.3, 0.4) is 0 Å². The summed E-state index contributed by atoms with van der Waals surface area (Å²) in [6.45, 7) is 3.00. The Bertz CT molecular complexity index is 711. The van der Waals surface area contributed by atoms with Crippen molar-refractivity contribution < 1.29 is 0 Å². The highest BCUT2D eigenvalue weighted by Crippen LogP contribution is 2.30. The number of nitrogens with one attached hydrogen (secondary N) is 1. The van der Waals surface area contributed by atoms with Crippen LogP contribution in [0.4, 0.5) is 5.69 Å². The van der Waals surface area contributed by atoms with Crippen molar-refractivity contribution in [2.24, 2.45) is 0 Å². The van der Waals surface area contributed by atoms with E-state index in [0.29, 0.717) is 10.9 Å². The summed E-state index contributed by atoms with van der Waals surface area (Å²) in [4.78, 5) is 0. The van der Waals surface area contributed by atoms with Gasteiger partial charge in [-0.1, -0.05) is 48.9 Å². The highest BCUT2D eigenvalue weighted by Gasteiger charge is 2.11. The minimum absolute atomic E-state index is 0.397. The van der Waals surface area contributed by atoms with Gasteiger partial charge in [-0.15, -0.1) is 0 Å². The second-order valence-corrected chi connectivity index (χ2v) is 5.68. The van der Waals surface area contributed by atoms with Gasteiger partial charge in [0.1, 0.15) is 11.0 Å². The van der Waals surface area contributed by atoms with Gasteiger partial charge in [-0.25, -0.2) is 0 Å². The van der Waals surface area contributed by atoms with Gasteiger partial charge in [0, 0.05) is 6.54 Å². The Balaban J connectivity index is 1.80. The lowest BCUT2D eigenvalue weighted by atomic mass is 10.0. The third-order valence-corrected chi connectivity index (χ3v) is 4.19. The fourth-order valence-electron chi connectivity index (χ4n) is 2.15. The van der Waals surface area contributed by atoms with E-state index in [4.69, 9.17) is 11.6 Å². The lowest BCUT2D eigenvalue weighted by Gasteiger charge is -2.15. The van der Waals surface area contributed by atoms with Gasteiger partial charge in [0.05, 0.1) is 22.4 Å². The van der Waals surface area contributed by atoms with Crippen molar-refractivity contribution in [1.29, 1.82) is 0 Å². The van der Waals surface area contributed by atoms with Crippen molar-refractivity contribution >= 4 is 40.0 Å². The molecule has 0 amide bonds. The Morgan fingerprint density at radius 1 is 1.15 bits per heavy atom. The van der Waals surface area contributed by atoms with Gasteiger partial charge >= 0.3 is 0 Å². The summed E-state index contributed by atoms with van der Waals surface area (Å²) in [7, 11) is 0. The van der Waals surface area contributed by atoms with Crippen LogP contribution in [0.15, 0.2) is 42.5 Å². The maximum Gasteiger partial charge on any atom is 0.129 e. The van der Waals surface area contributed by atoms with Gasteiger partial charge in [-0.3, -0.25) is 0 Å². The van der Waals surface area contributed by atoms with Crippen LogP contribution < -0.4 is 5.32 Å². The lowest BCUT2D eigenvalue weighted by Crippen LogP contribution is -2.10. The van der Waals surface area contributed by atoms with Crippen LogP contribution >= 0.6 is 23.3 Å². The number of hydrogen-bond acceptors (Lipinski definition) is 4. The fourth-order valence-corrected chi connectivity index (χ4v) is 2.91. The number of benzene rings is 2. The number of hydrogen-bond donors (Lipinski definition) is 1. The van der Waals surface area contributed by atoms with E-state index in [1.54, 1.807) is 0 Å².